The fraction of sp³-hybridized carbons (Fsp3) is 0.270. The van der Waals surface area contributed by atoms with Gasteiger partial charge in [-0.25, -0.2) is 4.98 Å². The van der Waals surface area contributed by atoms with Crippen LogP contribution >= 0.6 is 0 Å². The van der Waals surface area contributed by atoms with E-state index in [4.69, 9.17) is 4.98 Å². The number of carbonyl (C=O) groups excluding carboxylic acids is 2. The Kier molecular flexibility index (Phi) is 8.39. The van der Waals surface area contributed by atoms with Gasteiger partial charge >= 0.3 is 0 Å². The number of hydrogen-bond acceptors (Lipinski definition) is 6. The lowest BCUT2D eigenvalue weighted by Gasteiger charge is -2.42. The van der Waals surface area contributed by atoms with E-state index in [0.717, 1.165) is 54.1 Å². The predicted octanol–water partition coefficient (Wildman–Crippen LogP) is 5.37. The van der Waals surface area contributed by atoms with Gasteiger partial charge in [-0.15, -0.1) is 5.10 Å². The number of likely N-dealkylation sites (tertiary alicyclic amines) is 1. The van der Waals surface area contributed by atoms with Crippen molar-refractivity contribution in [3.63, 3.8) is 0 Å². The molecule has 2 aliphatic heterocycles. The van der Waals surface area contributed by atoms with Gasteiger partial charge in [0, 0.05) is 62.0 Å². The van der Waals surface area contributed by atoms with Crippen molar-refractivity contribution in [2.24, 2.45) is 0 Å². The van der Waals surface area contributed by atoms with Crippen LogP contribution in [0.25, 0.3) is 28.2 Å². The largest absolute Gasteiger partial charge is 0.337 e. The lowest BCUT2D eigenvalue weighted by Crippen LogP contribution is -2.54. The maximum Gasteiger partial charge on any atom is 0.276 e. The smallest absolute Gasteiger partial charge is 0.276 e. The van der Waals surface area contributed by atoms with Crippen molar-refractivity contribution in [2.75, 3.05) is 39.3 Å². The van der Waals surface area contributed by atoms with Crippen LogP contribution in [0.1, 0.15) is 39.4 Å². The lowest BCUT2D eigenvalue weighted by molar-refractivity contribution is 0.0410. The Balaban J connectivity index is 0.979. The maximum absolute atomic E-state index is 13.8. The van der Waals surface area contributed by atoms with Gasteiger partial charge in [-0.3, -0.25) is 14.5 Å². The molecule has 46 heavy (non-hydrogen) atoms. The van der Waals surface area contributed by atoms with E-state index in [2.05, 4.69) is 15.1 Å². The Labute approximate surface area is 269 Å². The maximum atomic E-state index is 13.8. The molecule has 9 heteroatoms. The second-order valence-electron chi connectivity index (χ2n) is 12.0. The SMILES string of the molecule is Cc1nn(-c2ccccc2)nc1C(=O)N1CCC(N2CCN(C(=O)c3cc(-c4ccccc4)nc(-c4ccccc4)c3)CC2)CC1. The molecule has 0 spiro atoms. The number of aromatic nitrogens is 4. The molecule has 7 rings (SSSR count). The molecule has 2 aliphatic rings. The molecule has 0 atom stereocenters. The molecule has 0 saturated carbocycles. The first-order valence-electron chi connectivity index (χ1n) is 16.0. The quantitative estimate of drug-likeness (QED) is 0.257. The van der Waals surface area contributed by atoms with Crippen molar-refractivity contribution in [1.82, 2.24) is 34.7 Å². The highest BCUT2D eigenvalue weighted by Crippen LogP contribution is 2.27. The van der Waals surface area contributed by atoms with Gasteiger partial charge in [-0.1, -0.05) is 78.9 Å². The fourth-order valence-electron chi connectivity index (χ4n) is 6.48. The Morgan fingerprint density at radius 3 is 1.72 bits per heavy atom. The van der Waals surface area contributed by atoms with Crippen molar-refractivity contribution < 1.29 is 9.59 Å². The summed E-state index contributed by atoms with van der Waals surface area (Å²) in [5.74, 6) is -0.0219. The minimum Gasteiger partial charge on any atom is -0.337 e. The van der Waals surface area contributed by atoms with Crippen LogP contribution in [0.3, 0.4) is 0 Å². The van der Waals surface area contributed by atoms with E-state index in [1.807, 2.05) is 120 Å². The summed E-state index contributed by atoms with van der Waals surface area (Å²) in [6.07, 6.45) is 1.80. The molecule has 0 aliphatic carbocycles. The monoisotopic (exact) mass is 611 g/mol. The molecule has 232 valence electrons. The van der Waals surface area contributed by atoms with Gasteiger partial charge in [0.15, 0.2) is 5.69 Å². The third-order valence-electron chi connectivity index (χ3n) is 9.05. The number of piperidine rings is 1. The molecule has 2 fully saturated rings. The van der Waals surface area contributed by atoms with E-state index in [9.17, 15) is 9.59 Å². The number of nitrogens with zero attached hydrogens (tertiary/aromatic N) is 7. The second-order valence-corrected chi connectivity index (χ2v) is 12.0. The van der Waals surface area contributed by atoms with E-state index < -0.39 is 0 Å². The van der Waals surface area contributed by atoms with Gasteiger partial charge in [-0.2, -0.15) is 9.90 Å². The molecule has 2 saturated heterocycles. The Hall–Kier alpha value is -5.15. The zero-order valence-electron chi connectivity index (χ0n) is 26.0. The number of carbonyl (C=O) groups is 2. The zero-order chi connectivity index (χ0) is 31.5. The highest BCUT2D eigenvalue weighted by Gasteiger charge is 2.32. The molecular weight excluding hydrogens is 574 g/mol. The van der Waals surface area contributed by atoms with Crippen LogP contribution in [-0.4, -0.2) is 91.8 Å². The zero-order valence-corrected chi connectivity index (χ0v) is 26.0. The van der Waals surface area contributed by atoms with Crippen LogP contribution in [0.15, 0.2) is 103 Å². The number of hydrogen-bond donors (Lipinski definition) is 0. The molecule has 0 unspecified atom stereocenters. The van der Waals surface area contributed by atoms with Crippen molar-refractivity contribution in [3.8, 4) is 28.2 Å². The van der Waals surface area contributed by atoms with Gasteiger partial charge in [0.05, 0.1) is 22.8 Å². The Morgan fingerprint density at radius 2 is 1.15 bits per heavy atom. The van der Waals surface area contributed by atoms with Gasteiger partial charge in [0.25, 0.3) is 11.8 Å². The third-order valence-corrected chi connectivity index (χ3v) is 9.05. The molecule has 9 nitrogen and oxygen atoms in total. The Bertz CT molecular complexity index is 1750. The van der Waals surface area contributed by atoms with Gasteiger partial charge in [0.1, 0.15) is 0 Å². The molecule has 3 aromatic carbocycles. The second kappa shape index (κ2) is 13.1. The highest BCUT2D eigenvalue weighted by molar-refractivity contribution is 5.96. The topological polar surface area (TPSA) is 87.5 Å². The average molecular weight is 612 g/mol. The number of rotatable bonds is 6. The third kappa shape index (κ3) is 6.19. The number of amides is 2. The summed E-state index contributed by atoms with van der Waals surface area (Å²) in [4.78, 5) is 40.0. The van der Waals surface area contributed by atoms with E-state index >= 15 is 0 Å². The van der Waals surface area contributed by atoms with Gasteiger partial charge in [-0.05, 0) is 44.0 Å². The molecule has 2 aromatic heterocycles. The minimum atomic E-state index is -0.0596. The molecule has 5 aromatic rings. The molecule has 0 radical (unpaired) electrons. The van der Waals surface area contributed by atoms with Gasteiger partial charge < -0.3 is 9.80 Å². The summed E-state index contributed by atoms with van der Waals surface area (Å²) in [5, 5.41) is 9.00. The minimum absolute atomic E-state index is 0.0377. The van der Waals surface area contributed by atoms with E-state index in [1.165, 1.54) is 4.80 Å². The summed E-state index contributed by atoms with van der Waals surface area (Å²) in [7, 11) is 0. The van der Waals surface area contributed by atoms with E-state index in [0.29, 0.717) is 49.2 Å². The number of aryl methyl sites for hydroxylation is 1. The van der Waals surface area contributed by atoms with Crippen molar-refractivity contribution in [1.29, 1.82) is 0 Å². The van der Waals surface area contributed by atoms with Crippen LogP contribution in [0, 0.1) is 6.92 Å². The van der Waals surface area contributed by atoms with Crippen molar-refractivity contribution >= 4 is 11.8 Å². The van der Waals surface area contributed by atoms with E-state index in [-0.39, 0.29) is 11.8 Å². The standard InChI is InChI=1S/C37H37N7O2/c1-27-35(40-44(39-27)32-15-9-4-10-16-32)37(46)42-19-17-31(18-20-42)41-21-23-43(24-22-41)36(45)30-25-33(28-11-5-2-6-12-28)38-34(26-30)29-13-7-3-8-14-29/h2-16,25-26,31H,17-24H2,1H3. The first-order valence-corrected chi connectivity index (χ1v) is 16.0. The number of para-hydroxylation sites is 1. The van der Waals surface area contributed by atoms with Crippen LogP contribution in [0.5, 0.6) is 0 Å². The van der Waals surface area contributed by atoms with Crippen LogP contribution in [0.2, 0.25) is 0 Å². The summed E-state index contributed by atoms with van der Waals surface area (Å²) in [5.41, 5.74) is 6.10. The molecule has 4 heterocycles. The number of piperazine rings is 1. The average Bonchev–Trinajstić information content (AvgIpc) is 3.53. The first-order chi connectivity index (χ1) is 22.5. The number of benzene rings is 3. The summed E-state index contributed by atoms with van der Waals surface area (Å²) < 4.78 is 0. The summed E-state index contributed by atoms with van der Waals surface area (Å²) in [6.45, 7) is 6.18. The van der Waals surface area contributed by atoms with Gasteiger partial charge in [0.2, 0.25) is 0 Å². The fourth-order valence-corrected chi connectivity index (χ4v) is 6.48. The predicted molar refractivity (Wildman–Crippen MR) is 178 cm³/mol. The van der Waals surface area contributed by atoms with Crippen molar-refractivity contribution in [2.45, 2.75) is 25.8 Å². The van der Waals surface area contributed by atoms with Crippen LogP contribution < -0.4 is 0 Å². The first kappa shape index (κ1) is 29.6. The molecule has 2 amide bonds. The van der Waals surface area contributed by atoms with Crippen LogP contribution in [0.4, 0.5) is 0 Å². The summed E-state index contributed by atoms with van der Waals surface area (Å²) in [6, 6.07) is 33.9. The lowest BCUT2D eigenvalue weighted by atomic mass is 10.0. The Morgan fingerprint density at radius 1 is 0.630 bits per heavy atom. The van der Waals surface area contributed by atoms with E-state index in [1.54, 1.807) is 0 Å². The van der Waals surface area contributed by atoms with Crippen LogP contribution in [-0.2, 0) is 0 Å². The molecule has 0 N–H and O–H groups in total. The number of pyridine rings is 1. The highest BCUT2D eigenvalue weighted by atomic mass is 16.2. The molecule has 0 bridgehead atoms. The van der Waals surface area contributed by atoms with Crippen molar-refractivity contribution in [3.05, 3.63) is 120 Å². The molecular formula is C37H37N7O2. The normalized spacial score (nSPS) is 16.0. The summed E-state index contributed by atoms with van der Waals surface area (Å²) >= 11 is 0.